The molecule has 0 fully saturated rings. The van der Waals surface area contributed by atoms with Gasteiger partial charge < -0.3 is 10.1 Å². The Bertz CT molecular complexity index is 734. The first-order chi connectivity index (χ1) is 11.3. The number of hydrogen-bond donors (Lipinski definition) is 2. The van der Waals surface area contributed by atoms with Crippen LogP contribution < -0.4 is 14.4 Å². The van der Waals surface area contributed by atoms with E-state index in [-0.39, 0.29) is 12.0 Å². The second-order valence-corrected chi connectivity index (χ2v) is 6.56. The fourth-order valence-corrected chi connectivity index (χ4v) is 2.98. The maximum Gasteiger partial charge on any atom is 0.267 e. The third-order valence-electron chi connectivity index (χ3n) is 3.64. The molecule has 5 heteroatoms. The molecule has 1 amide bonds. The molecule has 0 radical (unpaired) electrons. The average molecular weight is 391 g/mol. The Labute approximate surface area is 151 Å². The van der Waals surface area contributed by atoms with Crippen molar-refractivity contribution in [1.29, 1.82) is 0 Å². The number of amides is 1. The van der Waals surface area contributed by atoms with Crippen LogP contribution in [0.2, 0.25) is 0 Å². The van der Waals surface area contributed by atoms with Crippen molar-refractivity contribution in [2.75, 3.05) is 5.32 Å². The molecule has 2 aromatic carbocycles. The van der Waals surface area contributed by atoms with Gasteiger partial charge in [0.2, 0.25) is 0 Å². The molecule has 128 valence electrons. The Kier molecular flexibility index (Phi) is 5.89. The molecule has 2 rings (SSSR count). The van der Waals surface area contributed by atoms with Crippen LogP contribution in [0.3, 0.4) is 0 Å². The number of carbonyl (C=O) groups is 1. The van der Waals surface area contributed by atoms with E-state index in [1.807, 2.05) is 26.0 Å². The Morgan fingerprint density at radius 1 is 1.12 bits per heavy atom. The first-order valence-corrected chi connectivity index (χ1v) is 8.68. The zero-order chi connectivity index (χ0) is 17.9. The first-order valence-electron chi connectivity index (χ1n) is 7.89. The summed E-state index contributed by atoms with van der Waals surface area (Å²) in [5.74, 6) is 0.297. The molecule has 0 aliphatic rings. The van der Waals surface area contributed by atoms with E-state index < -0.39 is 0 Å². The highest BCUT2D eigenvalue weighted by Crippen LogP contribution is 2.32. The van der Waals surface area contributed by atoms with Gasteiger partial charge in [-0.1, -0.05) is 23.8 Å². The van der Waals surface area contributed by atoms with Crippen LogP contribution in [0.4, 0.5) is 11.4 Å². The van der Waals surface area contributed by atoms with Gasteiger partial charge in [-0.25, -0.2) is 0 Å². The van der Waals surface area contributed by atoms with Crippen molar-refractivity contribution < 1.29 is 9.53 Å². The van der Waals surface area contributed by atoms with Gasteiger partial charge in [0.1, 0.15) is 11.3 Å². The third kappa shape index (κ3) is 4.09. The predicted molar refractivity (Wildman–Crippen MR) is 103 cm³/mol. The third-order valence-corrected chi connectivity index (χ3v) is 4.00. The molecule has 24 heavy (non-hydrogen) atoms. The Hall–Kier alpha value is -2.01. The van der Waals surface area contributed by atoms with Crippen LogP contribution in [0.15, 0.2) is 30.3 Å². The number of aryl methyl sites for hydroxylation is 3. The lowest BCUT2D eigenvalue weighted by Crippen LogP contribution is -2.18. The number of halogens is 1. The van der Waals surface area contributed by atoms with Crippen LogP contribution in [0.25, 0.3) is 0 Å². The van der Waals surface area contributed by atoms with Crippen molar-refractivity contribution in [3.63, 3.8) is 0 Å². The Morgan fingerprint density at radius 3 is 2.29 bits per heavy atom. The predicted octanol–water partition coefficient (Wildman–Crippen LogP) is 5.18. The van der Waals surface area contributed by atoms with E-state index >= 15 is 0 Å². The Morgan fingerprint density at radius 2 is 1.75 bits per heavy atom. The van der Waals surface area contributed by atoms with Gasteiger partial charge in [-0.3, -0.25) is 9.14 Å². The van der Waals surface area contributed by atoms with Crippen molar-refractivity contribution in [3.8, 4) is 5.75 Å². The molecule has 0 atom stereocenters. The van der Waals surface area contributed by atoms with E-state index in [9.17, 15) is 4.79 Å². The van der Waals surface area contributed by atoms with Crippen LogP contribution in [-0.2, 0) is 0 Å². The second kappa shape index (κ2) is 7.71. The van der Waals surface area contributed by atoms with E-state index in [4.69, 9.17) is 4.74 Å². The number of carbonyl (C=O) groups excluding carboxylic acids is 1. The molecule has 0 unspecified atom stereocenters. The molecule has 0 saturated carbocycles. The van der Waals surface area contributed by atoms with Gasteiger partial charge in [-0.15, -0.1) is 0 Å². The summed E-state index contributed by atoms with van der Waals surface area (Å²) in [5.41, 5.74) is 5.67. The molecule has 0 heterocycles. The molecule has 0 bridgehead atoms. The molecule has 0 aliphatic carbocycles. The van der Waals surface area contributed by atoms with Gasteiger partial charge in [0.25, 0.3) is 5.91 Å². The summed E-state index contributed by atoms with van der Waals surface area (Å²) in [6.45, 7) is 10.1. The maximum atomic E-state index is 12.4. The minimum atomic E-state index is -0.254. The lowest BCUT2D eigenvalue weighted by molar-refractivity contribution is 0.0982. The summed E-state index contributed by atoms with van der Waals surface area (Å²) in [5, 5.41) is 3.40. The summed E-state index contributed by atoms with van der Waals surface area (Å²) in [6, 6.07) is 9.80. The SMILES string of the molecule is Cc1cc(C)c(Nc2cccc(OC(C)C)c2C(=O)NBr)c(C)c1. The lowest BCUT2D eigenvalue weighted by Gasteiger charge is -2.19. The quantitative estimate of drug-likeness (QED) is 0.691. The number of nitrogens with one attached hydrogen (secondary N) is 2. The molecule has 0 aromatic heterocycles. The highest BCUT2D eigenvalue weighted by Gasteiger charge is 2.19. The van der Waals surface area contributed by atoms with Crippen LogP contribution in [-0.4, -0.2) is 12.0 Å². The van der Waals surface area contributed by atoms with Gasteiger partial charge in [0, 0.05) is 21.8 Å². The molecule has 2 aromatic rings. The highest BCUT2D eigenvalue weighted by atomic mass is 79.9. The minimum absolute atomic E-state index is 0.0232. The maximum absolute atomic E-state index is 12.4. The molecule has 4 nitrogen and oxygen atoms in total. The molecule has 0 saturated heterocycles. The standard InChI is InChI=1S/C19H23BrN2O2/c1-11(2)24-16-8-6-7-15(17(16)19(23)22-20)21-18-13(4)9-12(3)10-14(18)5/h6-11,21H,1-5H3,(H,22,23). The van der Waals surface area contributed by atoms with Crippen LogP contribution in [0.1, 0.15) is 40.9 Å². The fourth-order valence-electron chi connectivity index (χ4n) is 2.78. The zero-order valence-corrected chi connectivity index (χ0v) is 16.2. The fraction of sp³-hybridized carbons (Fsp3) is 0.316. The van der Waals surface area contributed by atoms with E-state index in [1.54, 1.807) is 6.07 Å². The van der Waals surface area contributed by atoms with Gasteiger partial charge in [0.15, 0.2) is 0 Å². The zero-order valence-electron chi connectivity index (χ0n) is 14.7. The topological polar surface area (TPSA) is 50.4 Å². The molecule has 2 N–H and O–H groups in total. The van der Waals surface area contributed by atoms with Crippen molar-refractivity contribution >= 4 is 33.4 Å². The number of anilines is 2. The minimum Gasteiger partial charge on any atom is -0.490 e. The van der Waals surface area contributed by atoms with Crippen LogP contribution >= 0.6 is 16.1 Å². The van der Waals surface area contributed by atoms with Gasteiger partial charge in [-0.2, -0.15) is 0 Å². The van der Waals surface area contributed by atoms with E-state index in [1.165, 1.54) is 5.56 Å². The van der Waals surface area contributed by atoms with E-state index in [0.29, 0.717) is 17.0 Å². The van der Waals surface area contributed by atoms with Crippen molar-refractivity contribution in [2.45, 2.75) is 40.7 Å². The summed E-state index contributed by atoms with van der Waals surface area (Å²) in [7, 11) is 0. The number of hydrogen-bond acceptors (Lipinski definition) is 3. The molecule has 0 spiro atoms. The van der Waals surface area contributed by atoms with E-state index in [0.717, 1.165) is 16.8 Å². The monoisotopic (exact) mass is 390 g/mol. The van der Waals surface area contributed by atoms with Gasteiger partial charge >= 0.3 is 0 Å². The Balaban J connectivity index is 2.52. The van der Waals surface area contributed by atoms with E-state index in [2.05, 4.69) is 58.7 Å². The smallest absolute Gasteiger partial charge is 0.267 e. The van der Waals surface area contributed by atoms with Crippen molar-refractivity contribution in [1.82, 2.24) is 4.34 Å². The van der Waals surface area contributed by atoms with Crippen LogP contribution in [0, 0.1) is 20.8 Å². The summed E-state index contributed by atoms with van der Waals surface area (Å²) < 4.78 is 8.32. The molecular weight excluding hydrogens is 368 g/mol. The average Bonchev–Trinajstić information content (AvgIpc) is 2.49. The van der Waals surface area contributed by atoms with Crippen molar-refractivity contribution in [3.05, 3.63) is 52.6 Å². The largest absolute Gasteiger partial charge is 0.490 e. The number of benzene rings is 2. The molecular formula is C19H23BrN2O2. The summed E-state index contributed by atoms with van der Waals surface area (Å²) in [4.78, 5) is 12.4. The second-order valence-electron chi connectivity index (χ2n) is 6.17. The van der Waals surface area contributed by atoms with Gasteiger partial charge in [0.05, 0.1) is 11.8 Å². The van der Waals surface area contributed by atoms with Gasteiger partial charge in [-0.05, 0) is 57.9 Å². The van der Waals surface area contributed by atoms with Crippen LogP contribution in [0.5, 0.6) is 5.75 Å². The number of rotatable bonds is 5. The summed E-state index contributed by atoms with van der Waals surface area (Å²) in [6.07, 6.45) is -0.0232. The first kappa shape index (κ1) is 18.3. The number of ether oxygens (including phenoxy) is 1. The summed E-state index contributed by atoms with van der Waals surface area (Å²) >= 11 is 3.03. The highest BCUT2D eigenvalue weighted by molar-refractivity contribution is 9.08. The lowest BCUT2D eigenvalue weighted by atomic mass is 10.0. The normalized spacial score (nSPS) is 10.6. The molecule has 0 aliphatic heterocycles. The van der Waals surface area contributed by atoms with Crippen molar-refractivity contribution in [2.24, 2.45) is 0 Å².